The lowest BCUT2D eigenvalue weighted by Crippen LogP contribution is -2.33. The highest BCUT2D eigenvalue weighted by atomic mass is 15.3. The summed E-state index contributed by atoms with van der Waals surface area (Å²) in [7, 11) is 0. The highest BCUT2D eigenvalue weighted by Crippen LogP contribution is 2.04. The summed E-state index contributed by atoms with van der Waals surface area (Å²) in [5.41, 5.74) is 8.64. The quantitative estimate of drug-likeness (QED) is 0.535. The van der Waals surface area contributed by atoms with Gasteiger partial charge in [0.2, 0.25) is 0 Å². The molecular formula is C15H17N7. The Morgan fingerprint density at radius 1 is 1.14 bits per heavy atom. The number of aromatic nitrogens is 4. The summed E-state index contributed by atoms with van der Waals surface area (Å²) in [5.74, 6) is 0.410. The molecule has 0 aliphatic carbocycles. The molecule has 0 amide bonds. The van der Waals surface area contributed by atoms with Crippen molar-refractivity contribution in [2.45, 2.75) is 13.0 Å². The van der Waals surface area contributed by atoms with Crippen LogP contribution in [0, 0.1) is 0 Å². The molecule has 0 unspecified atom stereocenters. The number of hydrogen-bond donors (Lipinski definition) is 2. The van der Waals surface area contributed by atoms with E-state index in [1.165, 1.54) is 0 Å². The van der Waals surface area contributed by atoms with Gasteiger partial charge in [0.05, 0.1) is 18.4 Å². The van der Waals surface area contributed by atoms with Crippen molar-refractivity contribution >= 4 is 11.6 Å². The van der Waals surface area contributed by atoms with Gasteiger partial charge in [0, 0.05) is 37.1 Å². The van der Waals surface area contributed by atoms with E-state index in [1.54, 1.807) is 23.1 Å². The maximum absolute atomic E-state index is 5.88. The van der Waals surface area contributed by atoms with E-state index in [4.69, 9.17) is 5.73 Å². The Bertz CT molecular complexity index is 764. The molecule has 3 aromatic heterocycles. The number of fused-ring (bicyclic) bond motifs is 1. The molecule has 3 heterocycles. The minimum Gasteiger partial charge on any atom is -0.370 e. The van der Waals surface area contributed by atoms with Crippen molar-refractivity contribution in [3.8, 4) is 0 Å². The normalized spacial score (nSPS) is 11.7. The monoisotopic (exact) mass is 295 g/mol. The molecular weight excluding hydrogens is 278 g/mol. The van der Waals surface area contributed by atoms with Crippen LogP contribution in [0.2, 0.25) is 0 Å². The molecule has 3 rings (SSSR count). The van der Waals surface area contributed by atoms with E-state index < -0.39 is 0 Å². The Morgan fingerprint density at radius 3 is 2.95 bits per heavy atom. The van der Waals surface area contributed by atoms with Crippen molar-refractivity contribution in [1.82, 2.24) is 24.9 Å². The highest BCUT2D eigenvalue weighted by molar-refractivity contribution is 5.77. The molecule has 0 saturated carbocycles. The minimum absolute atomic E-state index is 0.410. The number of nitrogens with one attached hydrogen (secondary N) is 1. The number of aliphatic imine (C=N–C) groups is 1. The van der Waals surface area contributed by atoms with Gasteiger partial charge in [-0.25, -0.2) is 14.5 Å². The van der Waals surface area contributed by atoms with Crippen LogP contribution in [0.5, 0.6) is 0 Å². The van der Waals surface area contributed by atoms with Crippen LogP contribution in [0.3, 0.4) is 0 Å². The molecule has 0 spiro atoms. The van der Waals surface area contributed by atoms with Crippen LogP contribution < -0.4 is 11.1 Å². The second-order valence-corrected chi connectivity index (χ2v) is 4.74. The van der Waals surface area contributed by atoms with E-state index in [0.717, 1.165) is 23.5 Å². The van der Waals surface area contributed by atoms with Crippen LogP contribution >= 0.6 is 0 Å². The first-order chi connectivity index (χ1) is 10.8. The predicted octanol–water partition coefficient (Wildman–Crippen LogP) is 0.771. The van der Waals surface area contributed by atoms with Crippen LogP contribution in [0.4, 0.5) is 0 Å². The van der Waals surface area contributed by atoms with E-state index >= 15 is 0 Å². The summed E-state index contributed by atoms with van der Waals surface area (Å²) < 4.78 is 1.75. The number of hydrogen-bond acceptors (Lipinski definition) is 4. The summed E-state index contributed by atoms with van der Waals surface area (Å²) in [6.07, 6.45) is 6.04. The van der Waals surface area contributed by atoms with Crippen molar-refractivity contribution < 1.29 is 0 Å². The largest absolute Gasteiger partial charge is 0.370 e. The molecule has 0 bridgehead atoms. The fourth-order valence-corrected chi connectivity index (χ4v) is 2.09. The van der Waals surface area contributed by atoms with Gasteiger partial charge in [-0.3, -0.25) is 4.98 Å². The number of nitrogens with two attached hydrogens (primary N) is 1. The number of nitrogens with zero attached hydrogens (tertiary/aromatic N) is 5. The summed E-state index contributed by atoms with van der Waals surface area (Å²) in [6.45, 7) is 1.14. The molecule has 0 aliphatic heterocycles. The van der Waals surface area contributed by atoms with Gasteiger partial charge in [-0.05, 0) is 18.2 Å². The first-order valence-electron chi connectivity index (χ1n) is 7.04. The Labute approximate surface area is 127 Å². The van der Waals surface area contributed by atoms with Gasteiger partial charge < -0.3 is 11.1 Å². The van der Waals surface area contributed by atoms with Crippen LogP contribution in [-0.2, 0) is 13.0 Å². The van der Waals surface area contributed by atoms with Crippen LogP contribution in [0.15, 0.2) is 53.9 Å². The summed E-state index contributed by atoms with van der Waals surface area (Å²) in [6, 6.07) is 9.59. The van der Waals surface area contributed by atoms with E-state index in [2.05, 4.69) is 25.4 Å². The lowest BCUT2D eigenvalue weighted by atomic mass is 10.3. The Morgan fingerprint density at radius 2 is 2.09 bits per heavy atom. The zero-order valence-corrected chi connectivity index (χ0v) is 12.1. The highest BCUT2D eigenvalue weighted by Gasteiger charge is 2.01. The zero-order chi connectivity index (χ0) is 15.2. The Balaban J connectivity index is 1.55. The number of guanidine groups is 1. The van der Waals surface area contributed by atoms with E-state index in [-0.39, 0.29) is 0 Å². The zero-order valence-electron chi connectivity index (χ0n) is 12.1. The molecule has 0 saturated heterocycles. The standard InChI is InChI=1S/C15H17N7/c16-15(19-8-4-12-3-1-2-7-17-12)20-11-13-5-9-18-14-6-10-21-22(13)14/h1-3,5-7,9-10H,4,8,11H2,(H3,16,19,20). The fraction of sp³-hybridized carbons (Fsp3) is 0.200. The Hall–Kier alpha value is -2.96. The van der Waals surface area contributed by atoms with Gasteiger partial charge in [-0.1, -0.05) is 6.07 Å². The molecule has 22 heavy (non-hydrogen) atoms. The summed E-state index contributed by atoms with van der Waals surface area (Å²) in [4.78, 5) is 12.8. The van der Waals surface area contributed by atoms with Gasteiger partial charge in [0.25, 0.3) is 0 Å². The smallest absolute Gasteiger partial charge is 0.188 e. The van der Waals surface area contributed by atoms with Gasteiger partial charge in [-0.15, -0.1) is 0 Å². The summed E-state index contributed by atoms with van der Waals surface area (Å²) >= 11 is 0. The average Bonchev–Trinajstić information content (AvgIpc) is 3.03. The molecule has 0 atom stereocenters. The van der Waals surface area contributed by atoms with Crippen molar-refractivity contribution in [2.75, 3.05) is 6.54 Å². The molecule has 7 heteroatoms. The first-order valence-corrected chi connectivity index (χ1v) is 7.04. The SMILES string of the molecule is NC(=NCc1ccnc2ccnn12)NCCc1ccccn1. The van der Waals surface area contributed by atoms with Crippen molar-refractivity contribution in [2.24, 2.45) is 10.7 Å². The lowest BCUT2D eigenvalue weighted by Gasteiger charge is -2.06. The number of rotatable bonds is 5. The van der Waals surface area contributed by atoms with Crippen molar-refractivity contribution in [3.63, 3.8) is 0 Å². The fourth-order valence-electron chi connectivity index (χ4n) is 2.09. The first kappa shape index (κ1) is 14.0. The van der Waals surface area contributed by atoms with Crippen molar-refractivity contribution in [1.29, 1.82) is 0 Å². The maximum Gasteiger partial charge on any atom is 0.188 e. The molecule has 3 aromatic rings. The molecule has 7 nitrogen and oxygen atoms in total. The molecule has 0 aliphatic rings. The second-order valence-electron chi connectivity index (χ2n) is 4.74. The number of pyridine rings is 1. The third kappa shape index (κ3) is 3.38. The minimum atomic E-state index is 0.410. The summed E-state index contributed by atoms with van der Waals surface area (Å²) in [5, 5.41) is 7.30. The van der Waals surface area contributed by atoms with Gasteiger partial charge in [-0.2, -0.15) is 5.10 Å². The van der Waals surface area contributed by atoms with E-state index in [1.807, 2.05) is 30.3 Å². The van der Waals surface area contributed by atoms with Gasteiger partial charge in [0.1, 0.15) is 0 Å². The van der Waals surface area contributed by atoms with Crippen LogP contribution in [0.25, 0.3) is 5.65 Å². The van der Waals surface area contributed by atoms with Crippen molar-refractivity contribution in [3.05, 3.63) is 60.3 Å². The molecule has 112 valence electrons. The average molecular weight is 295 g/mol. The van der Waals surface area contributed by atoms with E-state index in [0.29, 0.717) is 19.0 Å². The van der Waals surface area contributed by atoms with Gasteiger partial charge in [0.15, 0.2) is 11.6 Å². The van der Waals surface area contributed by atoms with Crippen LogP contribution in [0.1, 0.15) is 11.4 Å². The third-order valence-electron chi connectivity index (χ3n) is 3.19. The molecule has 0 radical (unpaired) electrons. The topological polar surface area (TPSA) is 93.5 Å². The third-order valence-corrected chi connectivity index (χ3v) is 3.19. The molecule has 3 N–H and O–H groups in total. The Kier molecular flexibility index (Phi) is 4.24. The van der Waals surface area contributed by atoms with E-state index in [9.17, 15) is 0 Å². The van der Waals surface area contributed by atoms with Gasteiger partial charge >= 0.3 is 0 Å². The van der Waals surface area contributed by atoms with Crippen LogP contribution in [-0.4, -0.2) is 32.1 Å². The maximum atomic E-state index is 5.88. The lowest BCUT2D eigenvalue weighted by molar-refractivity contribution is 0.807. The molecule has 0 aromatic carbocycles. The molecule has 0 fully saturated rings. The second kappa shape index (κ2) is 6.66. The predicted molar refractivity (Wildman–Crippen MR) is 84.3 cm³/mol.